The Kier molecular flexibility index (Phi) is 4.16. The van der Waals surface area contributed by atoms with E-state index in [1.165, 1.54) is 4.90 Å². The molecule has 1 fully saturated rings. The van der Waals surface area contributed by atoms with Crippen molar-refractivity contribution in [3.05, 3.63) is 27.7 Å². The number of nitrogens with zero attached hydrogens (tertiary/aromatic N) is 1. The Balaban J connectivity index is 2.52. The molecule has 1 aliphatic rings. The molecule has 1 aliphatic heterocycles. The number of rotatable bonds is 2. The molecule has 1 saturated heterocycles. The maximum atomic E-state index is 12.4. The molecular weight excluding hydrogens is 332 g/mol. The molecule has 0 saturated carbocycles. The number of carbonyl (C=O) groups is 2. The van der Waals surface area contributed by atoms with E-state index < -0.39 is 12.1 Å². The highest BCUT2D eigenvalue weighted by atomic mass is 79.9. The number of carbonyl (C=O) groups excluding carboxylic acids is 2. The van der Waals surface area contributed by atoms with Crippen LogP contribution in [0, 0.1) is 0 Å². The second-order valence-electron chi connectivity index (χ2n) is 4.44. The summed E-state index contributed by atoms with van der Waals surface area (Å²) in [6.45, 7) is 3.55. The van der Waals surface area contributed by atoms with Crippen LogP contribution < -0.4 is 10.2 Å². The molecule has 102 valence electrons. The van der Waals surface area contributed by atoms with E-state index in [1.54, 1.807) is 25.1 Å². The van der Waals surface area contributed by atoms with Crippen LogP contribution in [0.25, 0.3) is 0 Å². The van der Waals surface area contributed by atoms with E-state index in [1.807, 2.05) is 6.92 Å². The van der Waals surface area contributed by atoms with Crippen molar-refractivity contribution in [2.45, 2.75) is 32.4 Å². The summed E-state index contributed by atoms with van der Waals surface area (Å²) in [6.07, 6.45) is 0.545. The van der Waals surface area contributed by atoms with Crippen LogP contribution in [0.3, 0.4) is 0 Å². The van der Waals surface area contributed by atoms with E-state index >= 15 is 0 Å². The second-order valence-corrected chi connectivity index (χ2v) is 5.64. The molecule has 0 radical (unpaired) electrons. The van der Waals surface area contributed by atoms with E-state index in [4.69, 9.17) is 11.6 Å². The molecule has 1 aromatic rings. The van der Waals surface area contributed by atoms with Crippen LogP contribution in [0.1, 0.15) is 20.3 Å². The second kappa shape index (κ2) is 5.51. The molecular formula is C13H14BrClN2O2. The van der Waals surface area contributed by atoms with Gasteiger partial charge in [-0.2, -0.15) is 0 Å². The molecule has 2 atom stereocenters. The normalized spacial score (nSPS) is 23.5. The predicted octanol–water partition coefficient (Wildman–Crippen LogP) is 2.73. The number of anilines is 1. The molecule has 0 bridgehead atoms. The van der Waals surface area contributed by atoms with Crippen molar-refractivity contribution in [3.63, 3.8) is 0 Å². The van der Waals surface area contributed by atoms with Gasteiger partial charge in [-0.3, -0.25) is 14.5 Å². The summed E-state index contributed by atoms with van der Waals surface area (Å²) in [6, 6.07) is 4.25. The highest BCUT2D eigenvalue weighted by molar-refractivity contribution is 9.10. The highest BCUT2D eigenvalue weighted by Gasteiger charge is 2.39. The Morgan fingerprint density at radius 1 is 1.42 bits per heavy atom. The molecule has 4 nitrogen and oxygen atoms in total. The number of nitrogens with one attached hydrogen (secondary N) is 1. The highest BCUT2D eigenvalue weighted by Crippen LogP contribution is 2.35. The number of hydrogen-bond acceptors (Lipinski definition) is 2. The van der Waals surface area contributed by atoms with E-state index in [-0.39, 0.29) is 11.8 Å². The molecule has 0 aliphatic carbocycles. The summed E-state index contributed by atoms with van der Waals surface area (Å²) in [5, 5.41) is 3.20. The Labute approximate surface area is 125 Å². The van der Waals surface area contributed by atoms with Crippen molar-refractivity contribution < 1.29 is 9.59 Å². The number of benzene rings is 1. The molecule has 1 N–H and O–H groups in total. The van der Waals surface area contributed by atoms with Gasteiger partial charge < -0.3 is 5.32 Å². The molecule has 6 heteroatoms. The number of piperazine rings is 1. The zero-order valence-corrected chi connectivity index (χ0v) is 13.0. The lowest BCUT2D eigenvalue weighted by atomic mass is 10.0. The molecule has 19 heavy (non-hydrogen) atoms. The van der Waals surface area contributed by atoms with Crippen molar-refractivity contribution in [2.24, 2.45) is 0 Å². The fraction of sp³-hybridized carbons (Fsp3) is 0.385. The van der Waals surface area contributed by atoms with E-state index in [0.717, 1.165) is 0 Å². The van der Waals surface area contributed by atoms with Gasteiger partial charge in [-0.15, -0.1) is 0 Å². The monoisotopic (exact) mass is 344 g/mol. The molecule has 1 heterocycles. The quantitative estimate of drug-likeness (QED) is 0.896. The van der Waals surface area contributed by atoms with Crippen LogP contribution in [0.2, 0.25) is 5.02 Å². The molecule has 2 amide bonds. The maximum Gasteiger partial charge on any atom is 0.250 e. The Morgan fingerprint density at radius 3 is 2.74 bits per heavy atom. The first kappa shape index (κ1) is 14.3. The molecule has 1 aromatic carbocycles. The van der Waals surface area contributed by atoms with Crippen molar-refractivity contribution >= 4 is 45.0 Å². The molecule has 0 aromatic heterocycles. The summed E-state index contributed by atoms with van der Waals surface area (Å²) in [7, 11) is 0. The van der Waals surface area contributed by atoms with Crippen molar-refractivity contribution in [1.82, 2.24) is 5.32 Å². The van der Waals surface area contributed by atoms with Gasteiger partial charge in [0.25, 0.3) is 0 Å². The predicted molar refractivity (Wildman–Crippen MR) is 78.3 cm³/mol. The fourth-order valence-corrected chi connectivity index (χ4v) is 2.81. The van der Waals surface area contributed by atoms with Crippen LogP contribution in [0.15, 0.2) is 22.7 Å². The average Bonchev–Trinajstić information content (AvgIpc) is 2.37. The first-order valence-electron chi connectivity index (χ1n) is 6.04. The first-order chi connectivity index (χ1) is 8.97. The summed E-state index contributed by atoms with van der Waals surface area (Å²) < 4.78 is 0.630. The Hall–Kier alpha value is -1.07. The van der Waals surface area contributed by atoms with Gasteiger partial charge in [-0.25, -0.2) is 0 Å². The van der Waals surface area contributed by atoms with Gasteiger partial charge in [0.15, 0.2) is 0 Å². The van der Waals surface area contributed by atoms with Gasteiger partial charge in [0.1, 0.15) is 12.1 Å². The first-order valence-corrected chi connectivity index (χ1v) is 7.22. The Bertz CT molecular complexity index is 535. The van der Waals surface area contributed by atoms with E-state index in [2.05, 4.69) is 21.2 Å². The SMILES string of the molecule is CCC1C(=O)NC(C)C(=O)N1c1cccc(Cl)c1Br. The van der Waals surface area contributed by atoms with Gasteiger partial charge in [-0.1, -0.05) is 24.6 Å². The van der Waals surface area contributed by atoms with Gasteiger partial charge in [0, 0.05) is 0 Å². The minimum absolute atomic E-state index is 0.130. The van der Waals surface area contributed by atoms with Crippen molar-refractivity contribution in [3.8, 4) is 0 Å². The molecule has 2 rings (SSSR count). The number of halogens is 2. The van der Waals surface area contributed by atoms with E-state index in [0.29, 0.717) is 21.6 Å². The van der Waals surface area contributed by atoms with Gasteiger partial charge in [0.05, 0.1) is 15.2 Å². The lowest BCUT2D eigenvalue weighted by Gasteiger charge is -2.38. The van der Waals surface area contributed by atoms with Gasteiger partial charge in [-0.05, 0) is 41.4 Å². The lowest BCUT2D eigenvalue weighted by Crippen LogP contribution is -2.62. The fourth-order valence-electron chi connectivity index (χ4n) is 2.18. The number of hydrogen-bond donors (Lipinski definition) is 1. The van der Waals surface area contributed by atoms with Gasteiger partial charge >= 0.3 is 0 Å². The third-order valence-electron chi connectivity index (χ3n) is 3.16. The van der Waals surface area contributed by atoms with Crippen LogP contribution >= 0.6 is 27.5 Å². The topological polar surface area (TPSA) is 49.4 Å². The standard InChI is InChI=1S/C13H14BrClN2O2/c1-3-9-12(18)16-7(2)13(19)17(9)10-6-4-5-8(15)11(10)14/h4-7,9H,3H2,1-2H3,(H,16,18). The van der Waals surface area contributed by atoms with Crippen molar-refractivity contribution in [2.75, 3.05) is 4.90 Å². The lowest BCUT2D eigenvalue weighted by molar-refractivity contribution is -0.133. The number of amides is 2. The van der Waals surface area contributed by atoms with Crippen LogP contribution in [-0.4, -0.2) is 23.9 Å². The molecule has 0 spiro atoms. The Morgan fingerprint density at radius 2 is 2.11 bits per heavy atom. The van der Waals surface area contributed by atoms with Crippen LogP contribution in [0.4, 0.5) is 5.69 Å². The third-order valence-corrected chi connectivity index (χ3v) is 4.54. The third kappa shape index (κ3) is 2.49. The maximum absolute atomic E-state index is 12.4. The minimum Gasteiger partial charge on any atom is -0.343 e. The summed E-state index contributed by atoms with van der Waals surface area (Å²) in [4.78, 5) is 25.9. The summed E-state index contributed by atoms with van der Waals surface area (Å²) in [5.41, 5.74) is 0.631. The smallest absolute Gasteiger partial charge is 0.250 e. The average molecular weight is 346 g/mol. The summed E-state index contributed by atoms with van der Waals surface area (Å²) in [5.74, 6) is -0.268. The summed E-state index contributed by atoms with van der Waals surface area (Å²) >= 11 is 9.44. The van der Waals surface area contributed by atoms with E-state index in [9.17, 15) is 9.59 Å². The zero-order chi connectivity index (χ0) is 14.2. The zero-order valence-electron chi connectivity index (χ0n) is 10.6. The molecule has 2 unspecified atom stereocenters. The van der Waals surface area contributed by atoms with Crippen molar-refractivity contribution in [1.29, 1.82) is 0 Å². The van der Waals surface area contributed by atoms with Crippen LogP contribution in [-0.2, 0) is 9.59 Å². The largest absolute Gasteiger partial charge is 0.343 e. The van der Waals surface area contributed by atoms with Gasteiger partial charge in [0.2, 0.25) is 11.8 Å². The van der Waals surface area contributed by atoms with Crippen LogP contribution in [0.5, 0.6) is 0 Å². The minimum atomic E-state index is -0.527.